The third-order valence-electron chi connectivity index (χ3n) is 10.2. The van der Waals surface area contributed by atoms with Crippen LogP contribution in [0.3, 0.4) is 0 Å². The van der Waals surface area contributed by atoms with Crippen LogP contribution in [0.2, 0.25) is 0 Å². The molecule has 2 aliphatic carbocycles. The number of imidazole rings is 1. The molecule has 11 nitrogen and oxygen atoms in total. The number of aromatic nitrogens is 6. The van der Waals surface area contributed by atoms with Gasteiger partial charge in [0, 0.05) is 50.8 Å². The molecular formula is C31H39F3N8O3. The van der Waals surface area contributed by atoms with Gasteiger partial charge >= 0.3 is 6.18 Å². The number of aryl methyl sites for hydroxylation is 1. The van der Waals surface area contributed by atoms with E-state index in [0.29, 0.717) is 67.1 Å². The van der Waals surface area contributed by atoms with Crippen molar-refractivity contribution >= 4 is 17.6 Å². The van der Waals surface area contributed by atoms with Gasteiger partial charge in [0.25, 0.3) is 11.7 Å². The van der Waals surface area contributed by atoms with E-state index in [1.165, 1.54) is 12.8 Å². The lowest BCUT2D eigenvalue weighted by Crippen LogP contribution is -2.47. The number of alkyl halides is 3. The SMILES string of the molecule is CCn1nccc1C(=O)N[C@H](c1cn2nc(C[C@H]3C[C@@H](C(F)(F)F)CNC3=O)c(C3CCOCC3)nc2n1)C1CC(C2CC2)C1. The monoisotopic (exact) mass is 628 g/mol. The number of amides is 2. The number of fused-ring (bicyclic) bond motifs is 1. The molecule has 0 radical (unpaired) electrons. The van der Waals surface area contributed by atoms with E-state index >= 15 is 0 Å². The van der Waals surface area contributed by atoms with Crippen LogP contribution >= 0.6 is 0 Å². The first-order valence-corrected chi connectivity index (χ1v) is 16.2. The predicted octanol–water partition coefficient (Wildman–Crippen LogP) is 4.00. The lowest BCUT2D eigenvalue weighted by molar-refractivity contribution is -0.183. The number of piperidine rings is 1. The summed E-state index contributed by atoms with van der Waals surface area (Å²) < 4.78 is 49.5. The molecule has 14 heteroatoms. The van der Waals surface area contributed by atoms with Gasteiger partial charge in [0.1, 0.15) is 5.69 Å². The summed E-state index contributed by atoms with van der Waals surface area (Å²) >= 11 is 0. The minimum atomic E-state index is -4.39. The quantitative estimate of drug-likeness (QED) is 0.367. The largest absolute Gasteiger partial charge is 0.393 e. The highest BCUT2D eigenvalue weighted by Crippen LogP contribution is 2.52. The number of carbonyl (C=O) groups excluding carboxylic acids is 2. The number of ether oxygens (including phenoxy) is 1. The molecule has 242 valence electrons. The van der Waals surface area contributed by atoms with E-state index in [4.69, 9.17) is 19.8 Å². The van der Waals surface area contributed by atoms with Gasteiger partial charge in [-0.25, -0.2) is 14.5 Å². The highest BCUT2D eigenvalue weighted by molar-refractivity contribution is 5.92. The molecule has 7 rings (SSSR count). The molecule has 2 saturated carbocycles. The Morgan fingerprint density at radius 2 is 1.91 bits per heavy atom. The predicted molar refractivity (Wildman–Crippen MR) is 155 cm³/mol. The molecule has 2 amide bonds. The highest BCUT2D eigenvalue weighted by atomic mass is 19.4. The van der Waals surface area contributed by atoms with E-state index in [2.05, 4.69) is 15.7 Å². The molecule has 0 unspecified atom stereocenters. The third-order valence-corrected chi connectivity index (χ3v) is 10.2. The number of hydrogen-bond donors (Lipinski definition) is 2. The van der Waals surface area contributed by atoms with Gasteiger partial charge in [-0.1, -0.05) is 0 Å². The number of nitrogens with one attached hydrogen (secondary N) is 2. The van der Waals surface area contributed by atoms with E-state index in [0.717, 1.165) is 18.8 Å². The molecule has 3 aromatic rings. The molecule has 2 saturated heterocycles. The Kier molecular flexibility index (Phi) is 8.03. The average Bonchev–Trinajstić information content (AvgIpc) is 3.55. The van der Waals surface area contributed by atoms with E-state index in [9.17, 15) is 22.8 Å². The van der Waals surface area contributed by atoms with Crippen LogP contribution in [0.1, 0.15) is 91.4 Å². The second-order valence-corrected chi connectivity index (χ2v) is 13.2. The molecule has 2 N–H and O–H groups in total. The van der Waals surface area contributed by atoms with Gasteiger partial charge in [-0.2, -0.15) is 23.4 Å². The van der Waals surface area contributed by atoms with Gasteiger partial charge in [0.2, 0.25) is 5.91 Å². The lowest BCUT2D eigenvalue weighted by Gasteiger charge is -2.40. The number of carbonyl (C=O) groups is 2. The molecule has 45 heavy (non-hydrogen) atoms. The molecule has 0 spiro atoms. The van der Waals surface area contributed by atoms with Crippen molar-refractivity contribution < 1.29 is 27.5 Å². The molecular weight excluding hydrogens is 589 g/mol. The first-order chi connectivity index (χ1) is 21.7. The van der Waals surface area contributed by atoms with Gasteiger partial charge in [0.15, 0.2) is 0 Å². The average molecular weight is 629 g/mol. The van der Waals surface area contributed by atoms with Crippen molar-refractivity contribution in [3.8, 4) is 0 Å². The van der Waals surface area contributed by atoms with E-state index in [1.54, 1.807) is 27.7 Å². The normalized spacial score (nSPS) is 26.8. The fourth-order valence-electron chi connectivity index (χ4n) is 7.40. The Morgan fingerprint density at radius 3 is 2.62 bits per heavy atom. The van der Waals surface area contributed by atoms with Gasteiger partial charge in [-0.3, -0.25) is 14.3 Å². The Balaban J connectivity index is 1.21. The summed E-state index contributed by atoms with van der Waals surface area (Å²) in [6.45, 7) is 3.18. The van der Waals surface area contributed by atoms with Crippen LogP contribution in [-0.2, 0) is 22.5 Å². The topological polar surface area (TPSA) is 128 Å². The Hall–Kier alpha value is -3.55. The molecule has 0 bridgehead atoms. The van der Waals surface area contributed by atoms with Crippen LogP contribution in [0.4, 0.5) is 13.2 Å². The second-order valence-electron chi connectivity index (χ2n) is 13.2. The lowest BCUT2D eigenvalue weighted by atomic mass is 9.68. The van der Waals surface area contributed by atoms with Crippen molar-refractivity contribution in [1.82, 2.24) is 40.0 Å². The molecule has 3 aromatic heterocycles. The van der Waals surface area contributed by atoms with E-state index in [-0.39, 0.29) is 36.6 Å². The fraction of sp³-hybridized carbons (Fsp3) is 0.677. The van der Waals surface area contributed by atoms with Crippen molar-refractivity contribution in [2.45, 2.75) is 83.0 Å². The van der Waals surface area contributed by atoms with Crippen LogP contribution in [0.25, 0.3) is 5.78 Å². The molecule has 3 atom stereocenters. The third kappa shape index (κ3) is 6.17. The fourth-order valence-corrected chi connectivity index (χ4v) is 7.40. The van der Waals surface area contributed by atoms with Crippen LogP contribution in [0.5, 0.6) is 0 Å². The Morgan fingerprint density at radius 1 is 1.13 bits per heavy atom. The van der Waals surface area contributed by atoms with Gasteiger partial charge in [-0.05, 0) is 75.7 Å². The maximum Gasteiger partial charge on any atom is 0.393 e. The first kappa shape index (κ1) is 30.1. The van der Waals surface area contributed by atoms with Crippen molar-refractivity contribution in [1.29, 1.82) is 0 Å². The second kappa shape index (κ2) is 12.0. The van der Waals surface area contributed by atoms with Gasteiger partial charge in [0.05, 0.1) is 35.2 Å². The molecule has 5 heterocycles. The summed E-state index contributed by atoms with van der Waals surface area (Å²) in [7, 11) is 0. The van der Waals surface area contributed by atoms with Crippen LogP contribution < -0.4 is 10.6 Å². The van der Waals surface area contributed by atoms with Crippen LogP contribution in [-0.4, -0.2) is 67.1 Å². The maximum atomic E-state index is 13.6. The minimum absolute atomic E-state index is 0.00720. The van der Waals surface area contributed by atoms with E-state index < -0.39 is 30.5 Å². The smallest absolute Gasteiger partial charge is 0.381 e. The minimum Gasteiger partial charge on any atom is -0.381 e. The molecule has 2 aliphatic heterocycles. The van der Waals surface area contributed by atoms with Crippen molar-refractivity contribution in [3.05, 3.63) is 41.2 Å². The number of halogens is 3. The van der Waals surface area contributed by atoms with Crippen LogP contribution in [0, 0.1) is 29.6 Å². The zero-order valence-corrected chi connectivity index (χ0v) is 25.3. The van der Waals surface area contributed by atoms with Crippen molar-refractivity contribution in [3.63, 3.8) is 0 Å². The zero-order chi connectivity index (χ0) is 31.3. The highest BCUT2D eigenvalue weighted by Gasteiger charge is 2.46. The summed E-state index contributed by atoms with van der Waals surface area (Å²) in [5, 5.41) is 14.8. The van der Waals surface area contributed by atoms with Crippen molar-refractivity contribution in [2.24, 2.45) is 29.6 Å². The summed E-state index contributed by atoms with van der Waals surface area (Å²) in [4.78, 5) is 36.0. The van der Waals surface area contributed by atoms with Gasteiger partial charge < -0.3 is 15.4 Å². The maximum absolute atomic E-state index is 13.6. The number of nitrogens with zero attached hydrogens (tertiary/aromatic N) is 6. The Bertz CT molecular complexity index is 1550. The first-order valence-electron chi connectivity index (χ1n) is 16.2. The molecule has 0 aromatic carbocycles. The number of hydrogen-bond acceptors (Lipinski definition) is 7. The summed E-state index contributed by atoms with van der Waals surface area (Å²) in [6, 6.07) is 1.34. The number of rotatable bonds is 9. The van der Waals surface area contributed by atoms with E-state index in [1.807, 2.05) is 6.92 Å². The molecule has 4 fully saturated rings. The summed E-state index contributed by atoms with van der Waals surface area (Å²) in [5.74, 6) is -1.08. The molecule has 4 aliphatic rings. The zero-order valence-electron chi connectivity index (χ0n) is 25.3. The summed E-state index contributed by atoms with van der Waals surface area (Å²) in [6.07, 6.45) is 4.70. The van der Waals surface area contributed by atoms with Crippen molar-refractivity contribution in [2.75, 3.05) is 19.8 Å². The standard InChI is InChI=1S/C31H39F3N8O3/c1-2-41-25(5-8-36-41)29(44)38-27(20-11-19(12-20)17-3-4-17)24-16-42-30(37-24)39-26(18-6-9-45-10-7-18)23(40-42)14-21-13-22(31(32,33)34)15-35-28(21)43/h5,8,16-22,27H,2-4,6-7,9-15H2,1H3,(H,35,43)(H,38,44)/t19?,20?,21-,22-,27+/m1/s1. The van der Waals surface area contributed by atoms with Crippen LogP contribution in [0.15, 0.2) is 18.5 Å². The Labute approximate surface area is 258 Å². The van der Waals surface area contributed by atoms with Gasteiger partial charge in [-0.15, -0.1) is 0 Å². The summed E-state index contributed by atoms with van der Waals surface area (Å²) in [5.41, 5.74) is 2.29.